The number of hydrogen-bond donors (Lipinski definition) is 9. The number of hydrogen-bond acceptors (Lipinski definition) is 25. The van der Waals surface area contributed by atoms with Gasteiger partial charge in [-0.05, 0) is 94.8 Å². The minimum atomic E-state index is -5.42. The molecule has 16 unspecified atom stereocenters. The van der Waals surface area contributed by atoms with E-state index < -0.39 is 175 Å². The van der Waals surface area contributed by atoms with Crippen LogP contribution in [0.4, 0.5) is 0 Å². The van der Waals surface area contributed by atoms with E-state index in [-0.39, 0.29) is 70.9 Å². The Morgan fingerprint density at radius 2 is 1.32 bits per heavy atom. The monoisotopic (exact) mass is 1190 g/mol. The molecule has 9 rings (SSSR count). The summed E-state index contributed by atoms with van der Waals surface area (Å²) in [6, 6.07) is 0. The molecule has 5 aliphatic heterocycles. The van der Waals surface area contributed by atoms with Crippen molar-refractivity contribution in [2.24, 2.45) is 39.4 Å². The van der Waals surface area contributed by atoms with Gasteiger partial charge >= 0.3 is 35.5 Å². The number of allylic oxidation sites excluding steroid dienone is 3. The summed E-state index contributed by atoms with van der Waals surface area (Å²) in [5.41, 5.74) is -1.38. The van der Waals surface area contributed by atoms with E-state index >= 15 is 0 Å². The zero-order chi connectivity index (χ0) is 58.6. The van der Waals surface area contributed by atoms with Crippen molar-refractivity contribution in [2.45, 2.75) is 235 Å². The first-order valence-corrected chi connectivity index (χ1v) is 29.2. The third-order valence-electron chi connectivity index (χ3n) is 20.4. The van der Waals surface area contributed by atoms with Crippen LogP contribution in [0.2, 0.25) is 0 Å². The number of rotatable bonds is 17. The first-order chi connectivity index (χ1) is 37.4. The summed E-state index contributed by atoms with van der Waals surface area (Å²) in [6.07, 6.45) is -25.2. The molecule has 4 aliphatic carbocycles. The Kier molecular flexibility index (Phi) is 19.8. The minimum Gasteiger partial charge on any atom is -0.726 e. The maximum Gasteiger partial charge on any atom is 1.00 e. The van der Waals surface area contributed by atoms with E-state index in [1.165, 1.54) is 19.6 Å². The van der Waals surface area contributed by atoms with E-state index in [1.807, 2.05) is 6.92 Å². The average Bonchev–Trinajstić information content (AvgIpc) is 4.03. The number of Topliss-reactive ketones (excluding diaryl/α,β-unsaturated/α-hetero) is 1. The summed E-state index contributed by atoms with van der Waals surface area (Å²) in [6.45, 7) is 15.4. The molecular formula is C54H83NaO25S. The fourth-order valence-corrected chi connectivity index (χ4v) is 16.5. The van der Waals surface area contributed by atoms with E-state index in [0.29, 0.717) is 44.9 Å². The van der Waals surface area contributed by atoms with Crippen LogP contribution >= 0.6 is 0 Å². The molecule has 0 bridgehead atoms. The van der Waals surface area contributed by atoms with Crippen molar-refractivity contribution in [1.29, 1.82) is 0 Å². The van der Waals surface area contributed by atoms with Crippen LogP contribution in [0.3, 0.4) is 0 Å². The fourth-order valence-electron chi connectivity index (χ4n) is 16.0. The van der Waals surface area contributed by atoms with Gasteiger partial charge in [-0.2, -0.15) is 0 Å². The normalized spacial score (nSPS) is 49.5. The molecule has 0 aromatic heterocycles. The van der Waals surface area contributed by atoms with Crippen LogP contribution in [0.5, 0.6) is 0 Å². The number of cyclic esters (lactones) is 1. The second-order valence-electron chi connectivity index (χ2n) is 25.1. The number of ether oxygens (including phenoxy) is 10. The van der Waals surface area contributed by atoms with Gasteiger partial charge in [0.15, 0.2) is 36.5 Å². The molecule has 27 heteroatoms. The van der Waals surface area contributed by atoms with Gasteiger partial charge in [-0.3, -0.25) is 13.8 Å². The number of esters is 1. The van der Waals surface area contributed by atoms with E-state index in [0.717, 1.165) is 12.0 Å². The number of fused-ring (bicyclic) bond motifs is 4. The molecule has 27 atom stereocenters. The molecule has 9 N–H and O–H groups in total. The average molecular weight is 1190 g/mol. The van der Waals surface area contributed by atoms with Gasteiger partial charge < -0.3 is 97.9 Å². The van der Waals surface area contributed by atoms with Gasteiger partial charge in [0.05, 0.1) is 37.4 Å². The molecule has 5 saturated heterocycles. The summed E-state index contributed by atoms with van der Waals surface area (Å²) in [5, 5.41) is 99.0. The van der Waals surface area contributed by atoms with Gasteiger partial charge in [0, 0.05) is 24.9 Å². The number of aliphatic hydroxyl groups excluding tert-OH is 9. The van der Waals surface area contributed by atoms with Crippen LogP contribution in [-0.2, 0) is 71.5 Å². The topological polar surface area (TPSA) is 375 Å². The van der Waals surface area contributed by atoms with Crippen LogP contribution in [-0.4, -0.2) is 226 Å². The first-order valence-electron chi connectivity index (χ1n) is 27.9. The standard InChI is InChI=1S/C54H84O25S.Na/c1-23(2)10-13-32(57)53(8)31-15-18-52(7)26-11-12-30-50(4,5)33(16-17-51(30,6)25(26)14-19-54(31,52)49(65)78-53)74-48-44(36(60)29(22-70-48)79-80(66,67)68)77-45-38(62)37(61)41(24(3)71-45)75-47-40(64)43(35(59)28(21-56)73-47)76-46-39(63)42(69-9)34(58)27(20-55)72-46;/h11,24-25,27-31,33-48,55-56,58-64H,1,10,12-22H2,2-9H3,(H,66,67,68);/q;+1/p-1/t24?,25?,27?,28?,29-,30?,31?,33?,34-,35-,36?,37?,38?,39?,40?,41-,42?,43?,44?,45+,46+,47+,48+,51-,52+,53-,54?;/m1./s1. The molecule has 9 aliphatic rings. The largest absolute Gasteiger partial charge is 1.00 e. The number of aliphatic hydroxyl groups is 9. The maximum absolute atomic E-state index is 14.4. The predicted octanol–water partition coefficient (Wildman–Crippen LogP) is -3.72. The maximum atomic E-state index is 14.4. The van der Waals surface area contributed by atoms with Crippen LogP contribution in [0, 0.1) is 39.4 Å². The molecule has 0 aromatic rings. The summed E-state index contributed by atoms with van der Waals surface area (Å²) < 4.78 is 99.7. The van der Waals surface area contributed by atoms with Gasteiger partial charge in [-0.1, -0.05) is 44.9 Å². The van der Waals surface area contributed by atoms with Crippen LogP contribution < -0.4 is 29.6 Å². The first kappa shape index (κ1) is 65.7. The Balaban J connectivity index is 0.00000860. The molecule has 0 aromatic carbocycles. The van der Waals surface area contributed by atoms with Crippen molar-refractivity contribution in [3.63, 3.8) is 0 Å². The quantitative estimate of drug-likeness (QED) is 0.0222. The van der Waals surface area contributed by atoms with Crippen molar-refractivity contribution in [3.8, 4) is 0 Å². The Hall–Kier alpha value is -1.23. The smallest absolute Gasteiger partial charge is 0.726 e. The van der Waals surface area contributed by atoms with E-state index in [9.17, 15) is 68.5 Å². The van der Waals surface area contributed by atoms with Gasteiger partial charge in [0.1, 0.15) is 85.5 Å². The van der Waals surface area contributed by atoms with E-state index in [2.05, 4.69) is 44.5 Å². The predicted molar refractivity (Wildman–Crippen MR) is 269 cm³/mol. The number of ketones is 1. The molecular weight excluding hydrogens is 1100 g/mol. The van der Waals surface area contributed by atoms with Crippen LogP contribution in [0.15, 0.2) is 23.8 Å². The second-order valence-corrected chi connectivity index (χ2v) is 26.2. The number of carbonyl (C=O) groups is 2. The van der Waals surface area contributed by atoms with Gasteiger partial charge in [0.2, 0.25) is 10.4 Å². The molecule has 81 heavy (non-hydrogen) atoms. The fraction of sp³-hybridized carbons (Fsp3) is 0.889. The van der Waals surface area contributed by atoms with Crippen molar-refractivity contribution < 1.29 is 150 Å². The van der Waals surface area contributed by atoms with E-state index in [1.54, 1.807) is 6.92 Å². The summed E-state index contributed by atoms with van der Waals surface area (Å²) in [7, 11) is -4.24. The molecule has 25 nitrogen and oxygen atoms in total. The van der Waals surface area contributed by atoms with Gasteiger partial charge in [-0.15, -0.1) is 6.58 Å². The third-order valence-corrected chi connectivity index (χ3v) is 20.9. The molecule has 456 valence electrons. The molecule has 5 heterocycles. The van der Waals surface area contributed by atoms with Crippen molar-refractivity contribution >= 4 is 22.2 Å². The number of methoxy groups -OCH3 is 1. The Morgan fingerprint density at radius 1 is 0.728 bits per heavy atom. The van der Waals surface area contributed by atoms with Crippen molar-refractivity contribution in [1.82, 2.24) is 0 Å². The van der Waals surface area contributed by atoms with Crippen LogP contribution in [0.25, 0.3) is 0 Å². The molecule has 3 saturated carbocycles. The minimum absolute atomic E-state index is 0. The number of carbonyl (C=O) groups excluding carboxylic acids is 2. The second kappa shape index (κ2) is 24.4. The Labute approximate surface area is 494 Å². The molecule has 1 spiro atoms. The molecule has 0 radical (unpaired) electrons. The van der Waals surface area contributed by atoms with E-state index in [4.69, 9.17) is 47.4 Å². The van der Waals surface area contributed by atoms with Crippen molar-refractivity contribution in [2.75, 3.05) is 26.9 Å². The molecule has 8 fully saturated rings. The summed E-state index contributed by atoms with van der Waals surface area (Å²) in [5.74, 6) is -0.541. The Morgan fingerprint density at radius 3 is 1.93 bits per heavy atom. The van der Waals surface area contributed by atoms with Crippen LogP contribution in [0.1, 0.15) is 106 Å². The zero-order valence-corrected chi connectivity index (χ0v) is 50.3. The van der Waals surface area contributed by atoms with Gasteiger partial charge in [0.25, 0.3) is 0 Å². The SMILES string of the molecule is C=C(C)CCC(=O)[C@]1(C)OC(=O)C23CCC4C(=CCC5C(C)(C)C(O[C@@H]6OC[C@@H](OS(=O)(=O)[O-])C(O)C6O[C@@H]6OC(C)[C@@H](O[C@@H]7OC(CO)[C@@H](O)C(O[C@@H]8OC(CO)[C@@H](O)C(OC)C8O)C7O)C(O)C6O)CC[C@]45C)[C@]2(C)CCC31.[Na+]. The summed E-state index contributed by atoms with van der Waals surface area (Å²) >= 11 is 0. The molecule has 0 amide bonds. The third kappa shape index (κ3) is 11.3. The van der Waals surface area contributed by atoms with Crippen molar-refractivity contribution in [3.05, 3.63) is 23.8 Å². The van der Waals surface area contributed by atoms with Gasteiger partial charge in [-0.25, -0.2) is 8.42 Å². The summed E-state index contributed by atoms with van der Waals surface area (Å²) in [4.78, 5) is 28.2. The zero-order valence-electron chi connectivity index (χ0n) is 47.5. The Bertz CT molecular complexity index is 2430.